The van der Waals surface area contributed by atoms with E-state index in [0.717, 1.165) is 34.8 Å². The van der Waals surface area contributed by atoms with Gasteiger partial charge in [0.25, 0.3) is 0 Å². The van der Waals surface area contributed by atoms with Crippen molar-refractivity contribution in [2.75, 3.05) is 13.6 Å². The number of aromatic nitrogens is 3. The maximum absolute atomic E-state index is 12.7. The van der Waals surface area contributed by atoms with Crippen LogP contribution >= 0.6 is 11.3 Å². The number of imidazole rings is 1. The number of carbonyl (C=O) groups excluding carboxylic acids is 1. The zero-order valence-corrected chi connectivity index (χ0v) is 17.5. The van der Waals surface area contributed by atoms with Crippen LogP contribution < -0.4 is 0 Å². The number of likely N-dealkylation sites (N-methyl/N-ethyl adjacent to an activating group) is 1. The first-order valence-corrected chi connectivity index (χ1v) is 10.7. The minimum atomic E-state index is 0.112. The highest BCUT2D eigenvalue weighted by Gasteiger charge is 2.15. The van der Waals surface area contributed by atoms with Crippen LogP contribution in [0.4, 0.5) is 0 Å². The van der Waals surface area contributed by atoms with Gasteiger partial charge in [0, 0.05) is 48.8 Å². The molecule has 0 bridgehead atoms. The average molecular weight is 405 g/mol. The SMILES string of the molecule is CCc1ccc(-c2cn3c(CC(=O)N(C)CCc4ccncc4)csc3n2)cc1. The van der Waals surface area contributed by atoms with Crippen LogP contribution in [0.2, 0.25) is 0 Å². The summed E-state index contributed by atoms with van der Waals surface area (Å²) in [7, 11) is 1.86. The van der Waals surface area contributed by atoms with Crippen molar-refractivity contribution in [3.8, 4) is 11.3 Å². The van der Waals surface area contributed by atoms with Crippen LogP contribution in [0.3, 0.4) is 0 Å². The van der Waals surface area contributed by atoms with E-state index in [-0.39, 0.29) is 5.91 Å². The number of carbonyl (C=O) groups is 1. The molecule has 0 spiro atoms. The summed E-state index contributed by atoms with van der Waals surface area (Å²) in [5, 5.41) is 2.03. The lowest BCUT2D eigenvalue weighted by Gasteiger charge is -2.17. The zero-order valence-electron chi connectivity index (χ0n) is 16.7. The lowest BCUT2D eigenvalue weighted by molar-refractivity contribution is -0.129. The molecule has 4 aromatic rings. The monoisotopic (exact) mass is 404 g/mol. The molecule has 0 unspecified atom stereocenters. The lowest BCUT2D eigenvalue weighted by atomic mass is 10.1. The first kappa shape index (κ1) is 19.3. The first-order valence-electron chi connectivity index (χ1n) is 9.81. The maximum Gasteiger partial charge on any atom is 0.228 e. The Morgan fingerprint density at radius 1 is 1.10 bits per heavy atom. The summed E-state index contributed by atoms with van der Waals surface area (Å²) >= 11 is 1.58. The van der Waals surface area contributed by atoms with E-state index < -0.39 is 0 Å². The third-order valence-corrected chi connectivity index (χ3v) is 6.07. The van der Waals surface area contributed by atoms with Gasteiger partial charge in [0.2, 0.25) is 5.91 Å². The Hall–Kier alpha value is -2.99. The molecule has 0 aliphatic heterocycles. The number of nitrogens with zero attached hydrogens (tertiary/aromatic N) is 4. The van der Waals surface area contributed by atoms with E-state index >= 15 is 0 Å². The second-order valence-corrected chi connectivity index (χ2v) is 7.99. The van der Waals surface area contributed by atoms with Crippen molar-refractivity contribution in [1.82, 2.24) is 19.3 Å². The molecule has 3 heterocycles. The molecule has 1 amide bonds. The second-order valence-electron chi connectivity index (χ2n) is 7.15. The molecule has 5 nitrogen and oxygen atoms in total. The Kier molecular flexibility index (Phi) is 5.71. The van der Waals surface area contributed by atoms with Gasteiger partial charge >= 0.3 is 0 Å². The number of fused-ring (bicyclic) bond motifs is 1. The molecule has 0 saturated carbocycles. The first-order chi connectivity index (χ1) is 14.1. The standard InChI is InChI=1S/C23H24N4OS/c1-3-17-4-6-19(7-5-17)21-15-27-20(16-29-23(27)25-21)14-22(28)26(2)13-10-18-8-11-24-12-9-18/h4-9,11-12,15-16H,3,10,13-14H2,1-2H3. The van der Waals surface area contributed by atoms with E-state index in [0.29, 0.717) is 13.0 Å². The molecule has 0 aliphatic carbocycles. The summed E-state index contributed by atoms with van der Waals surface area (Å²) in [5.41, 5.74) is 5.53. The van der Waals surface area contributed by atoms with E-state index in [2.05, 4.69) is 36.2 Å². The van der Waals surface area contributed by atoms with Gasteiger partial charge in [-0.1, -0.05) is 31.2 Å². The molecule has 29 heavy (non-hydrogen) atoms. The van der Waals surface area contributed by atoms with Gasteiger partial charge in [-0.25, -0.2) is 4.98 Å². The van der Waals surface area contributed by atoms with E-state index in [1.165, 1.54) is 11.1 Å². The van der Waals surface area contributed by atoms with Crippen LogP contribution in [0.5, 0.6) is 0 Å². The molecule has 6 heteroatoms. The molecule has 0 aliphatic rings. The molecule has 0 N–H and O–H groups in total. The smallest absolute Gasteiger partial charge is 0.228 e. The second kappa shape index (κ2) is 8.57. The highest BCUT2D eigenvalue weighted by Crippen LogP contribution is 2.24. The van der Waals surface area contributed by atoms with Crippen molar-refractivity contribution in [1.29, 1.82) is 0 Å². The highest BCUT2D eigenvalue weighted by atomic mass is 32.1. The fraction of sp³-hybridized carbons (Fsp3) is 0.261. The number of aryl methyl sites for hydroxylation is 1. The van der Waals surface area contributed by atoms with Crippen LogP contribution in [0.15, 0.2) is 60.4 Å². The third kappa shape index (κ3) is 4.38. The molecular formula is C23H24N4OS. The van der Waals surface area contributed by atoms with Gasteiger partial charge in [-0.15, -0.1) is 11.3 Å². The lowest BCUT2D eigenvalue weighted by Crippen LogP contribution is -2.30. The van der Waals surface area contributed by atoms with Gasteiger partial charge in [-0.2, -0.15) is 0 Å². The third-order valence-electron chi connectivity index (χ3n) is 5.18. The molecule has 0 fully saturated rings. The van der Waals surface area contributed by atoms with E-state index in [9.17, 15) is 4.79 Å². The maximum atomic E-state index is 12.7. The molecule has 4 rings (SSSR count). The minimum Gasteiger partial charge on any atom is -0.345 e. The van der Waals surface area contributed by atoms with Crippen LogP contribution in [-0.4, -0.2) is 38.8 Å². The molecule has 0 atom stereocenters. The van der Waals surface area contributed by atoms with Gasteiger partial charge in [-0.05, 0) is 36.1 Å². The van der Waals surface area contributed by atoms with Crippen LogP contribution in [0.1, 0.15) is 23.7 Å². The van der Waals surface area contributed by atoms with Crippen molar-refractivity contribution in [2.24, 2.45) is 0 Å². The number of pyridine rings is 1. The summed E-state index contributed by atoms with van der Waals surface area (Å²) < 4.78 is 2.04. The summed E-state index contributed by atoms with van der Waals surface area (Å²) in [6.45, 7) is 2.84. The normalized spacial score (nSPS) is 11.1. The summed E-state index contributed by atoms with van der Waals surface area (Å²) in [4.78, 5) is 24.2. The molecule has 1 aromatic carbocycles. The topological polar surface area (TPSA) is 50.5 Å². The predicted molar refractivity (Wildman–Crippen MR) is 117 cm³/mol. The fourth-order valence-corrected chi connectivity index (χ4v) is 4.14. The molecule has 0 saturated heterocycles. The van der Waals surface area contributed by atoms with Crippen molar-refractivity contribution in [2.45, 2.75) is 26.2 Å². The summed E-state index contributed by atoms with van der Waals surface area (Å²) in [5.74, 6) is 0.112. The van der Waals surface area contributed by atoms with Gasteiger partial charge in [0.15, 0.2) is 4.96 Å². The molecule has 0 radical (unpaired) electrons. The Morgan fingerprint density at radius 3 is 2.59 bits per heavy atom. The summed E-state index contributed by atoms with van der Waals surface area (Å²) in [6.07, 6.45) is 7.83. The molecule has 148 valence electrons. The highest BCUT2D eigenvalue weighted by molar-refractivity contribution is 7.15. The van der Waals surface area contributed by atoms with Crippen molar-refractivity contribution >= 4 is 22.2 Å². The number of hydrogen-bond acceptors (Lipinski definition) is 4. The fourth-order valence-electron chi connectivity index (χ4n) is 3.27. The predicted octanol–water partition coefficient (Wildman–Crippen LogP) is 4.26. The van der Waals surface area contributed by atoms with Crippen LogP contribution in [0, 0.1) is 0 Å². The van der Waals surface area contributed by atoms with Crippen molar-refractivity contribution < 1.29 is 4.79 Å². The van der Waals surface area contributed by atoms with E-state index in [4.69, 9.17) is 4.98 Å². The van der Waals surface area contributed by atoms with Gasteiger partial charge < -0.3 is 4.90 Å². The largest absolute Gasteiger partial charge is 0.345 e. The van der Waals surface area contributed by atoms with Crippen LogP contribution in [0.25, 0.3) is 16.2 Å². The van der Waals surface area contributed by atoms with Gasteiger partial charge in [-0.3, -0.25) is 14.2 Å². The number of amides is 1. The van der Waals surface area contributed by atoms with Gasteiger partial charge in [0.05, 0.1) is 12.1 Å². The van der Waals surface area contributed by atoms with Crippen molar-refractivity contribution in [3.05, 3.63) is 77.2 Å². The molecule has 3 aromatic heterocycles. The van der Waals surface area contributed by atoms with Gasteiger partial charge in [0.1, 0.15) is 0 Å². The number of thiazole rings is 1. The Balaban J connectivity index is 1.44. The number of benzene rings is 1. The van der Waals surface area contributed by atoms with Crippen molar-refractivity contribution in [3.63, 3.8) is 0 Å². The average Bonchev–Trinajstić information content (AvgIpc) is 3.34. The Morgan fingerprint density at radius 2 is 1.86 bits per heavy atom. The number of hydrogen-bond donors (Lipinski definition) is 0. The number of rotatable bonds is 7. The Bertz CT molecular complexity index is 1100. The quantitative estimate of drug-likeness (QED) is 0.462. The van der Waals surface area contributed by atoms with Crippen LogP contribution in [-0.2, 0) is 24.1 Å². The Labute approximate surface area is 174 Å². The zero-order chi connectivity index (χ0) is 20.2. The summed E-state index contributed by atoms with van der Waals surface area (Å²) in [6, 6.07) is 12.5. The van der Waals surface area contributed by atoms with E-state index in [1.807, 2.05) is 35.2 Å². The molecular weight excluding hydrogens is 380 g/mol. The van der Waals surface area contributed by atoms with E-state index in [1.54, 1.807) is 28.6 Å². The minimum absolute atomic E-state index is 0.112.